The van der Waals surface area contributed by atoms with Gasteiger partial charge in [-0.25, -0.2) is 4.98 Å². The van der Waals surface area contributed by atoms with Gasteiger partial charge in [-0.05, 0) is 57.7 Å². The van der Waals surface area contributed by atoms with Crippen LogP contribution in [0.15, 0.2) is 35.8 Å². The van der Waals surface area contributed by atoms with Gasteiger partial charge in [-0.2, -0.15) is 0 Å². The van der Waals surface area contributed by atoms with Gasteiger partial charge in [-0.1, -0.05) is 36.8 Å². The first-order valence-corrected chi connectivity index (χ1v) is 13.7. The number of cyclic esters (lactones) is 1. The molecule has 2 atom stereocenters. The number of piperidine rings is 1. The van der Waals surface area contributed by atoms with E-state index in [0.717, 1.165) is 32.5 Å². The SMILES string of the molecule is Cc1ncsc1C(=O)N1CCCCC2(CCN(Cc3ccccc3)CC2)C(=O)OC[C@@H](O)[C@@H](O)CC1. The van der Waals surface area contributed by atoms with Crippen LogP contribution in [-0.4, -0.2) is 81.9 Å². The molecule has 2 fully saturated rings. The van der Waals surface area contributed by atoms with Gasteiger partial charge >= 0.3 is 5.97 Å². The molecule has 0 unspecified atom stereocenters. The molecule has 1 aromatic heterocycles. The van der Waals surface area contributed by atoms with Gasteiger partial charge < -0.3 is 19.8 Å². The third-order valence-corrected chi connectivity index (χ3v) is 8.50. The number of ether oxygens (including phenoxy) is 1. The summed E-state index contributed by atoms with van der Waals surface area (Å²) in [5, 5.41) is 20.9. The lowest BCUT2D eigenvalue weighted by Gasteiger charge is -2.40. The number of aromatic nitrogens is 1. The normalized spacial score (nSPS) is 24.4. The highest BCUT2D eigenvalue weighted by Crippen LogP contribution is 2.39. The molecule has 0 saturated carbocycles. The number of carbonyl (C=O) groups is 2. The largest absolute Gasteiger partial charge is 0.462 e. The van der Waals surface area contributed by atoms with Crippen molar-refractivity contribution in [2.45, 2.75) is 64.2 Å². The van der Waals surface area contributed by atoms with E-state index < -0.39 is 17.6 Å². The monoisotopic (exact) mass is 515 g/mol. The number of aliphatic hydroxyl groups is 2. The molecule has 2 N–H and O–H groups in total. The molecular weight excluding hydrogens is 478 g/mol. The lowest BCUT2D eigenvalue weighted by molar-refractivity contribution is -0.165. The Morgan fingerprint density at radius 2 is 1.83 bits per heavy atom. The molecule has 2 aliphatic heterocycles. The average Bonchev–Trinajstić information content (AvgIpc) is 3.33. The van der Waals surface area contributed by atoms with Gasteiger partial charge in [0.1, 0.15) is 17.6 Å². The van der Waals surface area contributed by atoms with E-state index in [9.17, 15) is 19.8 Å². The zero-order valence-electron chi connectivity index (χ0n) is 21.0. The fourth-order valence-electron chi connectivity index (χ4n) is 5.17. The first kappa shape index (κ1) is 26.7. The summed E-state index contributed by atoms with van der Waals surface area (Å²) >= 11 is 1.32. The quantitative estimate of drug-likeness (QED) is 0.606. The predicted molar refractivity (Wildman–Crippen MR) is 138 cm³/mol. The first-order valence-electron chi connectivity index (χ1n) is 12.9. The molecule has 0 bridgehead atoms. The molecule has 3 heterocycles. The van der Waals surface area contributed by atoms with Crippen molar-refractivity contribution in [1.29, 1.82) is 0 Å². The summed E-state index contributed by atoms with van der Waals surface area (Å²) in [7, 11) is 0. The van der Waals surface area contributed by atoms with Crippen LogP contribution < -0.4 is 0 Å². The highest BCUT2D eigenvalue weighted by molar-refractivity contribution is 7.11. The van der Waals surface area contributed by atoms with Crippen molar-refractivity contribution in [2.75, 3.05) is 32.8 Å². The van der Waals surface area contributed by atoms with E-state index in [4.69, 9.17) is 4.74 Å². The number of thiazole rings is 1. The Labute approximate surface area is 216 Å². The molecule has 36 heavy (non-hydrogen) atoms. The first-order chi connectivity index (χ1) is 17.4. The number of hydrogen-bond acceptors (Lipinski definition) is 8. The second-order valence-electron chi connectivity index (χ2n) is 10.1. The zero-order valence-corrected chi connectivity index (χ0v) is 21.8. The molecular formula is C27H37N3O5S. The number of nitrogens with zero attached hydrogens (tertiary/aromatic N) is 3. The molecule has 0 aliphatic carbocycles. The van der Waals surface area contributed by atoms with E-state index in [1.165, 1.54) is 16.9 Å². The van der Waals surface area contributed by atoms with E-state index in [1.54, 1.807) is 10.4 Å². The molecule has 1 amide bonds. The maximum Gasteiger partial charge on any atom is 0.312 e. The molecule has 2 aliphatic rings. The third-order valence-electron chi connectivity index (χ3n) is 7.58. The number of aryl methyl sites for hydroxylation is 1. The highest BCUT2D eigenvalue weighted by Gasteiger charge is 2.42. The minimum Gasteiger partial charge on any atom is -0.462 e. The average molecular weight is 516 g/mol. The summed E-state index contributed by atoms with van der Waals surface area (Å²) in [6.45, 7) is 4.88. The third kappa shape index (κ3) is 6.51. The molecule has 2 saturated heterocycles. The number of hydrogen-bond donors (Lipinski definition) is 2. The van der Waals surface area contributed by atoms with Crippen molar-refractivity contribution in [2.24, 2.45) is 5.41 Å². The maximum absolute atomic E-state index is 13.3. The Kier molecular flexibility index (Phi) is 9.11. The highest BCUT2D eigenvalue weighted by atomic mass is 32.1. The molecule has 2 aromatic rings. The van der Waals surface area contributed by atoms with Crippen molar-refractivity contribution < 1.29 is 24.5 Å². The summed E-state index contributed by atoms with van der Waals surface area (Å²) in [4.78, 5) is 35.3. The molecule has 8 nitrogen and oxygen atoms in total. The van der Waals surface area contributed by atoms with Crippen LogP contribution in [0.25, 0.3) is 0 Å². The minimum absolute atomic E-state index is 0.0946. The van der Waals surface area contributed by atoms with Gasteiger partial charge in [0.25, 0.3) is 5.91 Å². The smallest absolute Gasteiger partial charge is 0.312 e. The summed E-state index contributed by atoms with van der Waals surface area (Å²) < 4.78 is 5.58. The topological polar surface area (TPSA) is 103 Å². The second-order valence-corrected chi connectivity index (χ2v) is 10.9. The van der Waals surface area contributed by atoms with Gasteiger partial charge in [0.2, 0.25) is 0 Å². The Bertz CT molecular complexity index is 1010. The van der Waals surface area contributed by atoms with Crippen LogP contribution in [0.3, 0.4) is 0 Å². The summed E-state index contributed by atoms with van der Waals surface area (Å²) in [5.74, 6) is -0.372. The van der Waals surface area contributed by atoms with Gasteiger partial charge in [0, 0.05) is 19.6 Å². The minimum atomic E-state index is -1.19. The van der Waals surface area contributed by atoms with Crippen molar-refractivity contribution in [3.05, 3.63) is 52.0 Å². The predicted octanol–water partition coefficient (Wildman–Crippen LogP) is 3.02. The number of amides is 1. The standard InChI is InChI=1S/C27H37N3O5S/c1-20-24(36-19-28-20)25(33)30-13-6-5-10-27(26(34)35-18-23(32)22(31)9-14-30)11-15-29(16-12-27)17-21-7-3-2-4-8-21/h2-4,7-8,19,22-23,31-32H,5-6,9-18H2,1H3/t22-,23+/m0/s1. The van der Waals surface area contributed by atoms with E-state index >= 15 is 0 Å². The lowest BCUT2D eigenvalue weighted by Crippen LogP contribution is -2.45. The molecule has 9 heteroatoms. The van der Waals surface area contributed by atoms with Crippen molar-refractivity contribution in [3.63, 3.8) is 0 Å². The molecule has 196 valence electrons. The van der Waals surface area contributed by atoms with Crippen LogP contribution in [0.1, 0.15) is 59.5 Å². The summed E-state index contributed by atoms with van der Waals surface area (Å²) in [5.41, 5.74) is 3.02. The van der Waals surface area contributed by atoms with Gasteiger partial charge in [-0.15, -0.1) is 11.3 Å². The fourth-order valence-corrected chi connectivity index (χ4v) is 5.94. The number of rotatable bonds is 3. The Balaban J connectivity index is 1.43. The van der Waals surface area contributed by atoms with Crippen LogP contribution in [0, 0.1) is 12.3 Å². The Hall–Kier alpha value is -2.33. The van der Waals surface area contributed by atoms with Gasteiger partial charge in [0.15, 0.2) is 0 Å². The summed E-state index contributed by atoms with van der Waals surface area (Å²) in [6, 6.07) is 10.3. The van der Waals surface area contributed by atoms with E-state index in [0.29, 0.717) is 42.9 Å². The van der Waals surface area contributed by atoms with E-state index in [-0.39, 0.29) is 24.9 Å². The van der Waals surface area contributed by atoms with Gasteiger partial charge in [-0.3, -0.25) is 14.5 Å². The van der Waals surface area contributed by atoms with E-state index in [2.05, 4.69) is 22.0 Å². The van der Waals surface area contributed by atoms with Gasteiger partial charge in [0.05, 0.1) is 22.7 Å². The zero-order chi connectivity index (χ0) is 25.5. The second kappa shape index (κ2) is 12.3. The number of aliphatic hydroxyl groups excluding tert-OH is 2. The fraction of sp³-hybridized carbons (Fsp3) is 0.593. The number of benzene rings is 1. The summed E-state index contributed by atoms with van der Waals surface area (Å²) in [6.07, 6.45) is 1.56. The van der Waals surface area contributed by atoms with Crippen LogP contribution in [0.2, 0.25) is 0 Å². The number of esters is 1. The van der Waals surface area contributed by atoms with Crippen molar-refractivity contribution >= 4 is 23.2 Å². The molecule has 4 rings (SSSR count). The maximum atomic E-state index is 13.3. The van der Waals surface area contributed by atoms with Crippen molar-refractivity contribution in [1.82, 2.24) is 14.8 Å². The molecule has 1 spiro atoms. The lowest BCUT2D eigenvalue weighted by atomic mass is 9.74. The number of carbonyl (C=O) groups excluding carboxylic acids is 2. The van der Waals surface area contributed by atoms with E-state index in [1.807, 2.05) is 25.1 Å². The van der Waals surface area contributed by atoms with Crippen LogP contribution in [-0.2, 0) is 16.1 Å². The van der Waals surface area contributed by atoms with Crippen LogP contribution in [0.4, 0.5) is 0 Å². The number of likely N-dealkylation sites (tertiary alicyclic amines) is 1. The Morgan fingerprint density at radius 3 is 2.53 bits per heavy atom. The molecule has 1 aromatic carbocycles. The van der Waals surface area contributed by atoms with Crippen LogP contribution in [0.5, 0.6) is 0 Å². The van der Waals surface area contributed by atoms with Crippen LogP contribution >= 0.6 is 11.3 Å². The molecule has 0 radical (unpaired) electrons. The van der Waals surface area contributed by atoms with Crippen molar-refractivity contribution in [3.8, 4) is 0 Å². The Morgan fingerprint density at radius 1 is 1.08 bits per heavy atom.